The molecular weight excluding hydrogens is 310 g/mol. The van der Waals surface area contributed by atoms with E-state index in [4.69, 9.17) is 12.2 Å². The molecular formula is C17H17N3S2. The zero-order chi connectivity index (χ0) is 15.1. The molecule has 0 aromatic heterocycles. The molecule has 0 amide bonds. The first-order valence-corrected chi connectivity index (χ1v) is 8.62. The minimum Gasteiger partial charge on any atom is -0.361 e. The van der Waals surface area contributed by atoms with Crippen molar-refractivity contribution in [2.24, 2.45) is 0 Å². The van der Waals surface area contributed by atoms with E-state index in [1.165, 1.54) is 16.9 Å². The van der Waals surface area contributed by atoms with Gasteiger partial charge in [0, 0.05) is 13.6 Å². The number of para-hydroxylation sites is 2. The van der Waals surface area contributed by atoms with Crippen LogP contribution in [0.4, 0.5) is 11.4 Å². The van der Waals surface area contributed by atoms with Crippen molar-refractivity contribution in [2.75, 3.05) is 17.3 Å². The van der Waals surface area contributed by atoms with Gasteiger partial charge in [0.15, 0.2) is 0 Å². The van der Waals surface area contributed by atoms with E-state index in [0.29, 0.717) is 5.37 Å². The molecule has 2 heterocycles. The van der Waals surface area contributed by atoms with Gasteiger partial charge in [-0.25, -0.2) is 0 Å². The van der Waals surface area contributed by atoms with Crippen molar-refractivity contribution in [2.45, 2.75) is 18.1 Å². The Morgan fingerprint density at radius 2 is 1.82 bits per heavy atom. The Morgan fingerprint density at radius 3 is 2.64 bits per heavy atom. The third kappa shape index (κ3) is 2.25. The van der Waals surface area contributed by atoms with Gasteiger partial charge in [-0.05, 0) is 17.7 Å². The molecule has 22 heavy (non-hydrogen) atoms. The van der Waals surface area contributed by atoms with Crippen LogP contribution in [0.2, 0.25) is 0 Å². The largest absolute Gasteiger partial charge is 0.361 e. The molecule has 1 N–H and O–H groups in total. The van der Waals surface area contributed by atoms with Crippen LogP contribution < -0.4 is 10.2 Å². The lowest BCUT2D eigenvalue weighted by atomic mass is 10.1. The highest BCUT2D eigenvalue weighted by Crippen LogP contribution is 2.43. The fourth-order valence-corrected chi connectivity index (χ4v) is 4.70. The van der Waals surface area contributed by atoms with E-state index in [9.17, 15) is 0 Å². The molecule has 1 fully saturated rings. The second kappa shape index (κ2) is 5.48. The van der Waals surface area contributed by atoms with Gasteiger partial charge in [0.05, 0.1) is 11.4 Å². The molecule has 112 valence electrons. The van der Waals surface area contributed by atoms with Crippen LogP contribution >= 0.6 is 24.0 Å². The Labute approximate surface area is 140 Å². The summed E-state index contributed by atoms with van der Waals surface area (Å²) in [7, 11) is 2.15. The van der Waals surface area contributed by atoms with Crippen LogP contribution in [0.25, 0.3) is 0 Å². The van der Waals surface area contributed by atoms with Crippen LogP contribution in [-0.2, 0) is 6.54 Å². The standard InChI is InChI=1S/C17H17N3S2/c1-19-14-10-6-5-9-13(14)18-15-16(19)22-17(21)20(15)11-12-7-3-2-4-8-12/h2-10,15-16,18H,11H2,1H3. The molecule has 4 rings (SSSR count). The van der Waals surface area contributed by atoms with E-state index < -0.39 is 0 Å². The third-order valence-electron chi connectivity index (χ3n) is 4.23. The molecule has 2 aromatic rings. The normalized spacial score (nSPS) is 23.0. The van der Waals surface area contributed by atoms with Crippen molar-refractivity contribution in [1.29, 1.82) is 0 Å². The number of nitrogens with zero attached hydrogens (tertiary/aromatic N) is 2. The molecule has 2 aliphatic rings. The van der Waals surface area contributed by atoms with Gasteiger partial charge in [-0.3, -0.25) is 0 Å². The average molecular weight is 327 g/mol. The van der Waals surface area contributed by atoms with Crippen molar-refractivity contribution in [3.63, 3.8) is 0 Å². The number of anilines is 2. The lowest BCUT2D eigenvalue weighted by Gasteiger charge is -2.40. The fourth-order valence-electron chi connectivity index (χ4n) is 3.09. The number of rotatable bonds is 2. The van der Waals surface area contributed by atoms with Gasteiger partial charge in [-0.2, -0.15) is 0 Å². The maximum atomic E-state index is 5.64. The lowest BCUT2D eigenvalue weighted by molar-refractivity contribution is 0.340. The first-order chi connectivity index (χ1) is 10.7. The molecule has 0 aliphatic carbocycles. The predicted octanol–water partition coefficient (Wildman–Crippen LogP) is 3.73. The summed E-state index contributed by atoms with van der Waals surface area (Å²) in [6.45, 7) is 0.844. The molecule has 2 aliphatic heterocycles. The highest BCUT2D eigenvalue weighted by atomic mass is 32.2. The summed E-state index contributed by atoms with van der Waals surface area (Å²) in [4.78, 5) is 4.63. The number of hydrogen-bond donors (Lipinski definition) is 1. The second-order valence-electron chi connectivity index (χ2n) is 5.61. The quantitative estimate of drug-likeness (QED) is 0.845. The maximum Gasteiger partial charge on any atom is 0.140 e. The molecule has 1 saturated heterocycles. The van der Waals surface area contributed by atoms with Crippen LogP contribution in [0, 0.1) is 0 Å². The van der Waals surface area contributed by atoms with Gasteiger partial charge in [0.2, 0.25) is 0 Å². The average Bonchev–Trinajstić information content (AvgIpc) is 2.86. The number of benzene rings is 2. The number of thiocarbonyl (C=S) groups is 1. The number of likely N-dealkylation sites (N-methyl/N-ethyl adjacent to an activating group) is 1. The van der Waals surface area contributed by atoms with Gasteiger partial charge in [-0.1, -0.05) is 66.4 Å². The third-order valence-corrected chi connectivity index (χ3v) is 6.00. The topological polar surface area (TPSA) is 18.5 Å². The number of hydrogen-bond acceptors (Lipinski definition) is 4. The monoisotopic (exact) mass is 327 g/mol. The van der Waals surface area contributed by atoms with Crippen molar-refractivity contribution in [3.05, 3.63) is 60.2 Å². The first-order valence-electron chi connectivity index (χ1n) is 7.33. The van der Waals surface area contributed by atoms with Crippen LogP contribution in [-0.4, -0.2) is 27.8 Å². The Bertz CT molecular complexity index is 704. The Balaban J connectivity index is 1.65. The molecule has 5 heteroatoms. The van der Waals surface area contributed by atoms with Gasteiger partial charge < -0.3 is 15.1 Å². The van der Waals surface area contributed by atoms with Gasteiger partial charge in [-0.15, -0.1) is 0 Å². The summed E-state index contributed by atoms with van der Waals surface area (Å²) in [5.41, 5.74) is 3.70. The highest BCUT2D eigenvalue weighted by Gasteiger charge is 2.43. The molecule has 0 spiro atoms. The second-order valence-corrected chi connectivity index (χ2v) is 7.36. The Hall–Kier alpha value is -1.72. The van der Waals surface area contributed by atoms with Crippen molar-refractivity contribution >= 4 is 39.7 Å². The number of nitrogens with one attached hydrogen (secondary N) is 1. The van der Waals surface area contributed by atoms with Gasteiger partial charge in [0.25, 0.3) is 0 Å². The van der Waals surface area contributed by atoms with Gasteiger partial charge >= 0.3 is 0 Å². The summed E-state index contributed by atoms with van der Waals surface area (Å²) in [5, 5.41) is 3.98. The van der Waals surface area contributed by atoms with Crippen LogP contribution in [0.15, 0.2) is 54.6 Å². The van der Waals surface area contributed by atoms with Crippen molar-refractivity contribution in [3.8, 4) is 0 Å². The minimum atomic E-state index is 0.206. The summed E-state index contributed by atoms with van der Waals surface area (Å²) in [5.74, 6) is 0. The minimum absolute atomic E-state index is 0.206. The molecule has 0 saturated carbocycles. The molecule has 0 radical (unpaired) electrons. The SMILES string of the molecule is CN1c2ccccc2NC2C1SC(=S)N2Cc1ccccc1. The van der Waals surface area contributed by atoms with Crippen LogP contribution in [0.3, 0.4) is 0 Å². The lowest BCUT2D eigenvalue weighted by Crippen LogP contribution is -2.51. The molecule has 3 nitrogen and oxygen atoms in total. The van der Waals surface area contributed by atoms with Gasteiger partial charge in [0.1, 0.15) is 15.9 Å². The summed E-state index contributed by atoms with van der Waals surface area (Å²) < 4.78 is 0.964. The van der Waals surface area contributed by atoms with Crippen molar-refractivity contribution in [1.82, 2.24) is 4.90 Å². The van der Waals surface area contributed by atoms with Crippen LogP contribution in [0.5, 0.6) is 0 Å². The van der Waals surface area contributed by atoms with Crippen LogP contribution in [0.1, 0.15) is 5.56 Å². The fraction of sp³-hybridized carbons (Fsp3) is 0.235. The van der Waals surface area contributed by atoms with E-state index in [1.54, 1.807) is 11.8 Å². The van der Waals surface area contributed by atoms with Crippen molar-refractivity contribution < 1.29 is 0 Å². The summed E-state index contributed by atoms with van der Waals surface area (Å²) in [6, 6.07) is 19.0. The number of fused-ring (bicyclic) bond motifs is 2. The zero-order valence-electron chi connectivity index (χ0n) is 12.3. The van der Waals surface area contributed by atoms with E-state index >= 15 is 0 Å². The molecule has 2 atom stereocenters. The van der Waals surface area contributed by atoms with E-state index in [1.807, 2.05) is 6.07 Å². The molecule has 0 bridgehead atoms. The Kier molecular flexibility index (Phi) is 3.47. The smallest absolute Gasteiger partial charge is 0.140 e. The molecule has 2 aromatic carbocycles. The highest BCUT2D eigenvalue weighted by molar-refractivity contribution is 8.23. The predicted molar refractivity (Wildman–Crippen MR) is 98.2 cm³/mol. The first kappa shape index (κ1) is 13.9. The molecule has 2 unspecified atom stereocenters. The summed E-state index contributed by atoms with van der Waals surface area (Å²) in [6.07, 6.45) is 0.206. The maximum absolute atomic E-state index is 5.64. The van der Waals surface area contributed by atoms with E-state index in [2.05, 4.69) is 70.7 Å². The van der Waals surface area contributed by atoms with E-state index in [-0.39, 0.29) is 6.17 Å². The number of thioether (sulfide) groups is 1. The zero-order valence-corrected chi connectivity index (χ0v) is 13.9. The summed E-state index contributed by atoms with van der Waals surface area (Å²) >= 11 is 7.41. The Morgan fingerprint density at radius 1 is 1.09 bits per heavy atom. The van der Waals surface area contributed by atoms with E-state index in [0.717, 1.165) is 10.9 Å².